The van der Waals surface area contributed by atoms with Crippen LogP contribution in [0.25, 0.3) is 0 Å². The Morgan fingerprint density at radius 3 is 3.08 bits per heavy atom. The summed E-state index contributed by atoms with van der Waals surface area (Å²) in [6.45, 7) is 2.42. The van der Waals surface area contributed by atoms with Gasteiger partial charge in [-0.1, -0.05) is 12.8 Å². The first-order valence-electron chi connectivity index (χ1n) is 4.97. The van der Waals surface area contributed by atoms with Crippen LogP contribution in [-0.2, 0) is 9.53 Å². The van der Waals surface area contributed by atoms with Crippen LogP contribution < -0.4 is 0 Å². The van der Waals surface area contributed by atoms with Gasteiger partial charge in [-0.25, -0.2) is 0 Å². The molecule has 0 spiro atoms. The van der Waals surface area contributed by atoms with Crippen LogP contribution in [0, 0.1) is 11.3 Å². The van der Waals surface area contributed by atoms with Gasteiger partial charge < -0.3 is 4.74 Å². The molecule has 0 radical (unpaired) electrons. The third-order valence-electron chi connectivity index (χ3n) is 3.34. The SMILES string of the molecule is CCOC(=O)[C@]12CCCC[C@@H]1C2. The van der Waals surface area contributed by atoms with E-state index in [9.17, 15) is 4.79 Å². The summed E-state index contributed by atoms with van der Waals surface area (Å²) in [6.07, 6.45) is 5.96. The van der Waals surface area contributed by atoms with Gasteiger partial charge in [0.25, 0.3) is 0 Å². The number of carbonyl (C=O) groups excluding carboxylic acids is 1. The molecule has 2 atom stereocenters. The molecule has 0 aromatic carbocycles. The predicted octanol–water partition coefficient (Wildman–Crippen LogP) is 2.13. The highest BCUT2D eigenvalue weighted by Gasteiger charge is 2.61. The molecule has 0 unspecified atom stereocenters. The van der Waals surface area contributed by atoms with Gasteiger partial charge in [-0.2, -0.15) is 0 Å². The van der Waals surface area contributed by atoms with E-state index in [-0.39, 0.29) is 11.4 Å². The van der Waals surface area contributed by atoms with Crippen molar-refractivity contribution in [1.82, 2.24) is 0 Å². The van der Waals surface area contributed by atoms with Gasteiger partial charge >= 0.3 is 5.97 Å². The van der Waals surface area contributed by atoms with E-state index in [1.54, 1.807) is 0 Å². The molecule has 12 heavy (non-hydrogen) atoms. The van der Waals surface area contributed by atoms with E-state index in [1.165, 1.54) is 19.3 Å². The fourth-order valence-corrected chi connectivity index (χ4v) is 2.52. The molecule has 0 saturated heterocycles. The maximum Gasteiger partial charge on any atom is 0.312 e. The first kappa shape index (κ1) is 8.09. The molecular formula is C10H16O2. The van der Waals surface area contributed by atoms with Crippen molar-refractivity contribution in [3.63, 3.8) is 0 Å². The highest BCUT2D eigenvalue weighted by atomic mass is 16.5. The molecule has 0 aromatic heterocycles. The van der Waals surface area contributed by atoms with Crippen molar-refractivity contribution < 1.29 is 9.53 Å². The van der Waals surface area contributed by atoms with E-state index in [0.717, 1.165) is 12.8 Å². The van der Waals surface area contributed by atoms with Gasteiger partial charge in [0.2, 0.25) is 0 Å². The average molecular weight is 168 g/mol. The molecule has 0 heterocycles. The molecule has 2 aliphatic carbocycles. The number of hydrogen-bond donors (Lipinski definition) is 0. The molecule has 0 amide bonds. The lowest BCUT2D eigenvalue weighted by atomic mass is 9.88. The van der Waals surface area contributed by atoms with Gasteiger partial charge in [-0.3, -0.25) is 4.79 Å². The standard InChI is InChI=1S/C10H16O2/c1-2-12-9(11)10-6-4-3-5-8(10)7-10/h8H,2-7H2,1H3/t8-,10+/m1/s1. The van der Waals surface area contributed by atoms with Crippen LogP contribution in [0.15, 0.2) is 0 Å². The van der Waals surface area contributed by atoms with Gasteiger partial charge in [0, 0.05) is 0 Å². The molecule has 68 valence electrons. The summed E-state index contributed by atoms with van der Waals surface area (Å²) in [7, 11) is 0. The maximum atomic E-state index is 11.5. The molecule has 0 N–H and O–H groups in total. The second-order valence-electron chi connectivity index (χ2n) is 4.02. The lowest BCUT2D eigenvalue weighted by molar-refractivity contribution is -0.151. The zero-order chi connectivity index (χ0) is 8.60. The monoisotopic (exact) mass is 168 g/mol. The lowest BCUT2D eigenvalue weighted by Gasteiger charge is -2.19. The van der Waals surface area contributed by atoms with Crippen molar-refractivity contribution >= 4 is 5.97 Å². The molecule has 0 aromatic rings. The Labute approximate surface area is 73.3 Å². The molecule has 2 heteroatoms. The third kappa shape index (κ3) is 1.05. The van der Waals surface area contributed by atoms with Crippen LogP contribution in [0.2, 0.25) is 0 Å². The van der Waals surface area contributed by atoms with Gasteiger partial charge in [0.15, 0.2) is 0 Å². The largest absolute Gasteiger partial charge is 0.466 e. The number of hydrogen-bond acceptors (Lipinski definition) is 2. The third-order valence-corrected chi connectivity index (χ3v) is 3.34. The van der Waals surface area contributed by atoms with Crippen LogP contribution in [0.5, 0.6) is 0 Å². The number of esters is 1. The highest BCUT2D eigenvalue weighted by Crippen LogP contribution is 2.61. The molecule has 0 bridgehead atoms. The van der Waals surface area contributed by atoms with E-state index in [2.05, 4.69) is 0 Å². The highest BCUT2D eigenvalue weighted by molar-refractivity contribution is 5.80. The first-order valence-corrected chi connectivity index (χ1v) is 4.97. The minimum absolute atomic E-state index is 0.00569. The van der Waals surface area contributed by atoms with E-state index >= 15 is 0 Å². The van der Waals surface area contributed by atoms with Crippen molar-refractivity contribution in [2.24, 2.45) is 11.3 Å². The second kappa shape index (κ2) is 2.75. The van der Waals surface area contributed by atoms with Crippen molar-refractivity contribution in [3.05, 3.63) is 0 Å². The molecule has 2 fully saturated rings. The minimum atomic E-state index is -0.00569. The van der Waals surface area contributed by atoms with Gasteiger partial charge in [0.05, 0.1) is 12.0 Å². The van der Waals surface area contributed by atoms with Gasteiger partial charge in [-0.15, -0.1) is 0 Å². The first-order chi connectivity index (χ1) is 5.79. The Balaban J connectivity index is 1.98. The molecule has 0 aliphatic heterocycles. The van der Waals surface area contributed by atoms with Crippen molar-refractivity contribution in [3.8, 4) is 0 Å². The summed E-state index contributed by atoms with van der Waals surface area (Å²) < 4.78 is 5.09. The van der Waals surface area contributed by atoms with E-state index in [4.69, 9.17) is 4.74 Å². The summed E-state index contributed by atoms with van der Waals surface area (Å²) in [5, 5.41) is 0. The maximum absolute atomic E-state index is 11.5. The summed E-state index contributed by atoms with van der Waals surface area (Å²) in [5.74, 6) is 0.750. The molecule has 2 nitrogen and oxygen atoms in total. The Morgan fingerprint density at radius 1 is 1.58 bits per heavy atom. The zero-order valence-electron chi connectivity index (χ0n) is 7.64. The topological polar surface area (TPSA) is 26.3 Å². The Hall–Kier alpha value is -0.530. The van der Waals surface area contributed by atoms with Crippen molar-refractivity contribution in [2.75, 3.05) is 6.61 Å². The molecule has 2 aliphatic rings. The fourth-order valence-electron chi connectivity index (χ4n) is 2.52. The van der Waals surface area contributed by atoms with Crippen LogP contribution in [0.1, 0.15) is 39.0 Å². The zero-order valence-corrected chi connectivity index (χ0v) is 7.64. The van der Waals surface area contributed by atoms with Crippen LogP contribution in [-0.4, -0.2) is 12.6 Å². The Morgan fingerprint density at radius 2 is 2.42 bits per heavy atom. The van der Waals surface area contributed by atoms with Crippen LogP contribution in [0.4, 0.5) is 0 Å². The average Bonchev–Trinajstić information content (AvgIpc) is 2.79. The number of ether oxygens (including phenoxy) is 1. The molecule has 2 rings (SSSR count). The van der Waals surface area contributed by atoms with E-state index < -0.39 is 0 Å². The second-order valence-corrected chi connectivity index (χ2v) is 4.02. The Bertz CT molecular complexity index is 200. The number of fused-ring (bicyclic) bond motifs is 1. The smallest absolute Gasteiger partial charge is 0.312 e. The summed E-state index contributed by atoms with van der Waals surface area (Å²) in [5.41, 5.74) is -0.00569. The summed E-state index contributed by atoms with van der Waals surface area (Å²) >= 11 is 0. The van der Waals surface area contributed by atoms with Gasteiger partial charge in [-0.05, 0) is 32.1 Å². The van der Waals surface area contributed by atoms with E-state index in [0.29, 0.717) is 12.5 Å². The summed E-state index contributed by atoms with van der Waals surface area (Å²) in [4.78, 5) is 11.5. The lowest BCUT2D eigenvalue weighted by Crippen LogP contribution is -2.23. The van der Waals surface area contributed by atoms with Crippen molar-refractivity contribution in [1.29, 1.82) is 0 Å². The normalized spacial score (nSPS) is 38.6. The van der Waals surface area contributed by atoms with Crippen LogP contribution >= 0.6 is 0 Å². The number of rotatable bonds is 2. The quantitative estimate of drug-likeness (QED) is 0.590. The summed E-state index contributed by atoms with van der Waals surface area (Å²) in [6, 6.07) is 0. The number of carbonyl (C=O) groups is 1. The molecular weight excluding hydrogens is 152 g/mol. The van der Waals surface area contributed by atoms with Gasteiger partial charge in [0.1, 0.15) is 0 Å². The minimum Gasteiger partial charge on any atom is -0.466 e. The predicted molar refractivity (Wildman–Crippen MR) is 45.6 cm³/mol. The molecule has 2 saturated carbocycles. The van der Waals surface area contributed by atoms with E-state index in [1.807, 2.05) is 6.92 Å². The van der Waals surface area contributed by atoms with Crippen LogP contribution in [0.3, 0.4) is 0 Å². The fraction of sp³-hybridized carbons (Fsp3) is 0.900. The Kier molecular flexibility index (Phi) is 1.85. The van der Waals surface area contributed by atoms with Crippen molar-refractivity contribution in [2.45, 2.75) is 39.0 Å².